The van der Waals surface area contributed by atoms with E-state index in [2.05, 4.69) is 10.4 Å². The van der Waals surface area contributed by atoms with E-state index >= 15 is 0 Å². The average Bonchev–Trinajstić information content (AvgIpc) is 2.53. The molecule has 1 heterocycles. The molecule has 2 aromatic rings. The molecule has 0 atom stereocenters. The summed E-state index contributed by atoms with van der Waals surface area (Å²) in [5.41, 5.74) is 2.28. The fourth-order valence-electron chi connectivity index (χ4n) is 1.68. The van der Waals surface area contributed by atoms with Crippen LogP contribution < -0.4 is 5.32 Å². The van der Waals surface area contributed by atoms with Gasteiger partial charge < -0.3 is 5.32 Å². The molecule has 1 aromatic heterocycles. The number of benzene rings is 1. The molecule has 0 aliphatic carbocycles. The number of hydrogen-bond acceptors (Lipinski definition) is 2. The molecule has 90 valence electrons. The second kappa shape index (κ2) is 4.53. The number of rotatable bonds is 3. The first kappa shape index (κ1) is 11.6. The van der Waals surface area contributed by atoms with Crippen molar-refractivity contribution in [2.24, 2.45) is 7.05 Å². The number of halogens is 2. The zero-order valence-electron chi connectivity index (χ0n) is 9.67. The highest BCUT2D eigenvalue weighted by molar-refractivity contribution is 5.44. The fourth-order valence-corrected chi connectivity index (χ4v) is 1.68. The van der Waals surface area contributed by atoms with Crippen LogP contribution in [-0.4, -0.2) is 9.78 Å². The molecule has 0 aliphatic heterocycles. The standard InChI is InChI=1S/C12H13F2N3/c1-8-3-12(17(2)16-8)7-15-11-5-9(13)4-10(14)6-11/h3-6,15H,7H2,1-2H3. The van der Waals surface area contributed by atoms with Crippen LogP contribution in [0, 0.1) is 18.6 Å². The lowest BCUT2D eigenvalue weighted by Gasteiger charge is -2.06. The van der Waals surface area contributed by atoms with Crippen LogP contribution in [0.4, 0.5) is 14.5 Å². The smallest absolute Gasteiger partial charge is 0.128 e. The van der Waals surface area contributed by atoms with Gasteiger partial charge in [-0.1, -0.05) is 0 Å². The molecule has 0 radical (unpaired) electrons. The SMILES string of the molecule is Cc1cc(CNc2cc(F)cc(F)c2)n(C)n1. The van der Waals surface area contributed by atoms with Gasteiger partial charge in [0, 0.05) is 18.8 Å². The van der Waals surface area contributed by atoms with Crippen LogP contribution in [0.3, 0.4) is 0 Å². The van der Waals surface area contributed by atoms with E-state index in [1.807, 2.05) is 20.0 Å². The highest BCUT2D eigenvalue weighted by Gasteiger charge is 2.03. The van der Waals surface area contributed by atoms with Gasteiger partial charge in [0.05, 0.1) is 17.9 Å². The molecule has 0 bridgehead atoms. The molecule has 2 rings (SSSR count). The van der Waals surface area contributed by atoms with Gasteiger partial charge in [0.15, 0.2) is 0 Å². The summed E-state index contributed by atoms with van der Waals surface area (Å²) in [7, 11) is 1.83. The summed E-state index contributed by atoms with van der Waals surface area (Å²) in [4.78, 5) is 0. The van der Waals surface area contributed by atoms with E-state index in [4.69, 9.17) is 0 Å². The Morgan fingerprint density at radius 2 is 1.82 bits per heavy atom. The molecular formula is C12H13F2N3. The van der Waals surface area contributed by atoms with Crippen LogP contribution in [-0.2, 0) is 13.6 Å². The maximum Gasteiger partial charge on any atom is 0.128 e. The zero-order valence-corrected chi connectivity index (χ0v) is 9.67. The lowest BCUT2D eigenvalue weighted by molar-refractivity contribution is 0.584. The van der Waals surface area contributed by atoms with Crippen molar-refractivity contribution in [1.82, 2.24) is 9.78 Å². The van der Waals surface area contributed by atoms with E-state index in [1.165, 1.54) is 12.1 Å². The van der Waals surface area contributed by atoms with Gasteiger partial charge in [-0.05, 0) is 25.1 Å². The van der Waals surface area contributed by atoms with Crippen molar-refractivity contribution in [2.75, 3.05) is 5.32 Å². The van der Waals surface area contributed by atoms with Gasteiger partial charge in [0.1, 0.15) is 11.6 Å². The van der Waals surface area contributed by atoms with Crippen molar-refractivity contribution in [1.29, 1.82) is 0 Å². The van der Waals surface area contributed by atoms with Crippen molar-refractivity contribution in [3.05, 3.63) is 47.3 Å². The van der Waals surface area contributed by atoms with Crippen LogP contribution in [0.2, 0.25) is 0 Å². The van der Waals surface area contributed by atoms with E-state index in [1.54, 1.807) is 4.68 Å². The summed E-state index contributed by atoms with van der Waals surface area (Å²) in [6.07, 6.45) is 0. The third-order valence-corrected chi connectivity index (χ3v) is 2.44. The average molecular weight is 237 g/mol. The monoisotopic (exact) mass is 237 g/mol. The summed E-state index contributed by atoms with van der Waals surface area (Å²) < 4.78 is 27.6. The maximum atomic E-state index is 12.9. The summed E-state index contributed by atoms with van der Waals surface area (Å²) in [5.74, 6) is -1.18. The molecule has 5 heteroatoms. The summed E-state index contributed by atoms with van der Waals surface area (Å²) in [6.45, 7) is 2.37. The van der Waals surface area contributed by atoms with E-state index in [9.17, 15) is 8.78 Å². The Labute approximate surface area is 98.1 Å². The molecule has 0 unspecified atom stereocenters. The van der Waals surface area contributed by atoms with Crippen molar-refractivity contribution in [2.45, 2.75) is 13.5 Å². The van der Waals surface area contributed by atoms with Gasteiger partial charge in [0.25, 0.3) is 0 Å². The highest BCUT2D eigenvalue weighted by atomic mass is 19.1. The minimum absolute atomic E-state index is 0.418. The largest absolute Gasteiger partial charge is 0.379 e. The minimum Gasteiger partial charge on any atom is -0.379 e. The summed E-state index contributed by atoms with van der Waals surface area (Å²) >= 11 is 0. The third kappa shape index (κ3) is 2.81. The van der Waals surface area contributed by atoms with E-state index in [0.29, 0.717) is 12.2 Å². The predicted octanol–water partition coefficient (Wildman–Crippen LogP) is 2.62. The highest BCUT2D eigenvalue weighted by Crippen LogP contribution is 2.14. The number of hydrogen-bond donors (Lipinski definition) is 1. The van der Waals surface area contributed by atoms with Gasteiger partial charge in [-0.2, -0.15) is 5.10 Å². The van der Waals surface area contributed by atoms with E-state index in [0.717, 1.165) is 17.5 Å². The molecule has 17 heavy (non-hydrogen) atoms. The van der Waals surface area contributed by atoms with Crippen molar-refractivity contribution in [3.63, 3.8) is 0 Å². The lowest BCUT2D eigenvalue weighted by atomic mass is 10.3. The molecular weight excluding hydrogens is 224 g/mol. The van der Waals surface area contributed by atoms with Crippen LogP contribution in [0.15, 0.2) is 24.3 Å². The number of nitrogens with one attached hydrogen (secondary N) is 1. The van der Waals surface area contributed by atoms with E-state index in [-0.39, 0.29) is 0 Å². The number of nitrogens with zero attached hydrogens (tertiary/aromatic N) is 2. The van der Waals surface area contributed by atoms with Crippen molar-refractivity contribution in [3.8, 4) is 0 Å². The van der Waals surface area contributed by atoms with Gasteiger partial charge in [-0.15, -0.1) is 0 Å². The normalized spacial score (nSPS) is 10.6. The van der Waals surface area contributed by atoms with Crippen LogP contribution in [0.25, 0.3) is 0 Å². The lowest BCUT2D eigenvalue weighted by Crippen LogP contribution is -2.05. The predicted molar refractivity (Wildman–Crippen MR) is 61.6 cm³/mol. The second-order valence-corrected chi connectivity index (χ2v) is 3.91. The minimum atomic E-state index is -0.589. The summed E-state index contributed by atoms with van der Waals surface area (Å²) in [5, 5.41) is 7.14. The van der Waals surface area contributed by atoms with Gasteiger partial charge in [0.2, 0.25) is 0 Å². The topological polar surface area (TPSA) is 29.9 Å². The first-order chi connectivity index (χ1) is 8.04. The quantitative estimate of drug-likeness (QED) is 0.889. The Kier molecular flexibility index (Phi) is 3.08. The Bertz CT molecular complexity index is 514. The summed E-state index contributed by atoms with van der Waals surface area (Å²) in [6, 6.07) is 5.28. The zero-order chi connectivity index (χ0) is 12.4. The third-order valence-electron chi connectivity index (χ3n) is 2.44. The van der Waals surface area contributed by atoms with Gasteiger partial charge >= 0.3 is 0 Å². The fraction of sp³-hybridized carbons (Fsp3) is 0.250. The van der Waals surface area contributed by atoms with E-state index < -0.39 is 11.6 Å². The van der Waals surface area contributed by atoms with Gasteiger partial charge in [-0.25, -0.2) is 8.78 Å². The first-order valence-corrected chi connectivity index (χ1v) is 5.24. The van der Waals surface area contributed by atoms with Crippen molar-refractivity contribution >= 4 is 5.69 Å². The molecule has 0 saturated heterocycles. The van der Waals surface area contributed by atoms with Crippen molar-refractivity contribution < 1.29 is 8.78 Å². The number of anilines is 1. The maximum absolute atomic E-state index is 12.9. The Morgan fingerprint density at radius 1 is 1.18 bits per heavy atom. The Balaban J connectivity index is 2.09. The number of aromatic nitrogens is 2. The van der Waals surface area contributed by atoms with Crippen LogP contribution in [0.5, 0.6) is 0 Å². The first-order valence-electron chi connectivity index (χ1n) is 5.24. The number of aryl methyl sites for hydroxylation is 2. The molecule has 0 fully saturated rings. The molecule has 3 nitrogen and oxygen atoms in total. The molecule has 0 saturated carbocycles. The van der Waals surface area contributed by atoms with Crippen LogP contribution in [0.1, 0.15) is 11.4 Å². The molecule has 0 spiro atoms. The van der Waals surface area contributed by atoms with Gasteiger partial charge in [-0.3, -0.25) is 4.68 Å². The molecule has 1 aromatic carbocycles. The Morgan fingerprint density at radius 3 is 2.35 bits per heavy atom. The molecule has 1 N–H and O–H groups in total. The van der Waals surface area contributed by atoms with Crippen LogP contribution >= 0.6 is 0 Å². The molecule has 0 aliphatic rings. The Hall–Kier alpha value is -1.91. The second-order valence-electron chi connectivity index (χ2n) is 3.91. The molecule has 0 amide bonds.